The van der Waals surface area contributed by atoms with E-state index in [1.165, 1.54) is 6.07 Å². The second-order valence-corrected chi connectivity index (χ2v) is 10.6. The van der Waals surface area contributed by atoms with Gasteiger partial charge in [-0.2, -0.15) is 13.2 Å². The van der Waals surface area contributed by atoms with Gasteiger partial charge < -0.3 is 19.9 Å². The summed E-state index contributed by atoms with van der Waals surface area (Å²) in [6, 6.07) is 5.65. The zero-order valence-corrected chi connectivity index (χ0v) is 21.9. The average Bonchev–Trinajstić information content (AvgIpc) is 3.61. The number of hydrogen-bond acceptors (Lipinski definition) is 6. The summed E-state index contributed by atoms with van der Waals surface area (Å²) in [6.45, 7) is 1.53. The van der Waals surface area contributed by atoms with E-state index >= 15 is 0 Å². The molecular weight excluding hydrogens is 497 g/mol. The van der Waals surface area contributed by atoms with Crippen molar-refractivity contribution in [2.75, 3.05) is 39.5 Å². The number of amides is 1. The highest BCUT2D eigenvalue weighted by atomic mass is 19.4. The number of likely N-dealkylation sites (tertiary alicyclic amines) is 1. The largest absolute Gasteiger partial charge is 0.493 e. The van der Waals surface area contributed by atoms with Gasteiger partial charge in [-0.15, -0.1) is 0 Å². The van der Waals surface area contributed by atoms with Crippen LogP contribution in [0.4, 0.5) is 19.0 Å². The van der Waals surface area contributed by atoms with Crippen LogP contribution in [0.25, 0.3) is 22.3 Å². The number of nitrogen functional groups attached to an aromatic ring is 1. The van der Waals surface area contributed by atoms with Crippen LogP contribution in [0.5, 0.6) is 5.75 Å². The zero-order valence-electron chi connectivity index (χ0n) is 21.9. The van der Waals surface area contributed by atoms with Crippen LogP contribution in [-0.2, 0) is 18.0 Å². The van der Waals surface area contributed by atoms with Crippen LogP contribution in [-0.4, -0.2) is 69.6 Å². The number of carbonyl (C=O) groups excluding carboxylic acids is 1. The maximum absolute atomic E-state index is 14.0. The third-order valence-corrected chi connectivity index (χ3v) is 7.98. The number of benzene rings is 1. The topological polar surface area (TPSA) is 89.5 Å². The minimum atomic E-state index is -4.59. The van der Waals surface area contributed by atoms with Gasteiger partial charge in [-0.1, -0.05) is 0 Å². The highest BCUT2D eigenvalue weighted by Crippen LogP contribution is 2.43. The average molecular weight is 531 g/mol. The Bertz CT molecular complexity index is 1340. The van der Waals surface area contributed by atoms with Gasteiger partial charge in [0.05, 0.1) is 29.7 Å². The Morgan fingerprint density at radius 3 is 2.55 bits per heavy atom. The van der Waals surface area contributed by atoms with E-state index < -0.39 is 11.7 Å². The number of anilines is 1. The van der Waals surface area contributed by atoms with Gasteiger partial charge in [0.15, 0.2) is 5.82 Å². The quantitative estimate of drug-likeness (QED) is 0.489. The van der Waals surface area contributed by atoms with Crippen molar-refractivity contribution in [3.8, 4) is 17.0 Å². The monoisotopic (exact) mass is 530 g/mol. The number of pyridine rings is 1. The molecule has 1 saturated carbocycles. The summed E-state index contributed by atoms with van der Waals surface area (Å²) in [5, 5.41) is 0. The molecule has 38 heavy (non-hydrogen) atoms. The maximum atomic E-state index is 14.0. The normalized spacial score (nSPS) is 17.8. The summed E-state index contributed by atoms with van der Waals surface area (Å²) >= 11 is 0. The summed E-state index contributed by atoms with van der Waals surface area (Å²) in [7, 11) is 5.68. The molecule has 1 aliphatic carbocycles. The molecule has 2 fully saturated rings. The fraction of sp³-hybridized carbons (Fsp3) is 0.519. The highest BCUT2D eigenvalue weighted by Gasteiger charge is 2.53. The van der Waals surface area contributed by atoms with Crippen molar-refractivity contribution >= 4 is 22.8 Å². The molecule has 1 saturated heterocycles. The van der Waals surface area contributed by atoms with Gasteiger partial charge >= 0.3 is 6.18 Å². The first-order valence-corrected chi connectivity index (χ1v) is 12.9. The minimum Gasteiger partial charge on any atom is -0.493 e. The molecule has 11 heteroatoms. The molecule has 8 nitrogen and oxygen atoms in total. The van der Waals surface area contributed by atoms with Crippen LogP contribution in [0.2, 0.25) is 0 Å². The number of aryl methyl sites for hydroxylation is 1. The molecule has 0 atom stereocenters. The highest BCUT2D eigenvalue weighted by molar-refractivity contribution is 5.89. The molecule has 1 aliphatic heterocycles. The second-order valence-electron chi connectivity index (χ2n) is 10.6. The van der Waals surface area contributed by atoms with Gasteiger partial charge in [-0.3, -0.25) is 9.69 Å². The predicted molar refractivity (Wildman–Crippen MR) is 138 cm³/mol. The molecular formula is C27H33F3N6O2. The number of alkyl halides is 3. The standard InChI is InChI=1S/C27H33F3N6O2/c1-34(2)26(9-10-26)25(37)36-11-6-17(7-12-36)8-13-38-22-5-4-18(14-19(22)27(28,29)30)20-15-21-23(24(31)33-20)32-16-35(21)3/h4-5,14-17H,6-13H2,1-3H3,(H2,31,33). The Labute approximate surface area is 219 Å². The summed E-state index contributed by atoms with van der Waals surface area (Å²) < 4.78 is 49.3. The van der Waals surface area contributed by atoms with Crippen LogP contribution in [0.3, 0.4) is 0 Å². The SMILES string of the molecule is CN(C)C1(C(=O)N2CCC(CCOc3ccc(-c4cc5c(ncn5C)c(N)n4)cc3C(F)(F)F)CC2)CC1. The molecule has 3 heterocycles. The molecule has 0 spiro atoms. The third kappa shape index (κ3) is 4.91. The summed E-state index contributed by atoms with van der Waals surface area (Å²) in [6.07, 6.45) is 1.07. The number of carbonyl (C=O) groups is 1. The predicted octanol–water partition coefficient (Wildman–Crippen LogP) is 4.34. The lowest BCUT2D eigenvalue weighted by molar-refractivity contribution is -0.139. The number of imidazole rings is 1. The van der Waals surface area contributed by atoms with E-state index in [0.717, 1.165) is 31.7 Å². The van der Waals surface area contributed by atoms with E-state index in [0.29, 0.717) is 47.7 Å². The van der Waals surface area contributed by atoms with Crippen molar-refractivity contribution in [2.45, 2.75) is 43.8 Å². The lowest BCUT2D eigenvalue weighted by atomic mass is 9.93. The van der Waals surface area contributed by atoms with Crippen LogP contribution < -0.4 is 10.5 Å². The number of fused-ring (bicyclic) bond motifs is 1. The number of ether oxygens (including phenoxy) is 1. The van der Waals surface area contributed by atoms with Gasteiger partial charge in [0.1, 0.15) is 16.8 Å². The van der Waals surface area contributed by atoms with Crippen molar-refractivity contribution in [2.24, 2.45) is 13.0 Å². The summed E-state index contributed by atoms with van der Waals surface area (Å²) in [5.41, 5.74) is 6.64. The van der Waals surface area contributed by atoms with Crippen LogP contribution in [0, 0.1) is 5.92 Å². The van der Waals surface area contributed by atoms with E-state index in [2.05, 4.69) is 9.97 Å². The third-order valence-electron chi connectivity index (χ3n) is 7.98. The first-order valence-electron chi connectivity index (χ1n) is 12.9. The molecule has 1 aromatic carbocycles. The number of hydrogen-bond donors (Lipinski definition) is 1. The number of likely N-dealkylation sites (N-methyl/N-ethyl adjacent to an activating group) is 1. The second kappa shape index (κ2) is 9.76. The van der Waals surface area contributed by atoms with E-state index in [4.69, 9.17) is 10.5 Å². The van der Waals surface area contributed by atoms with Gasteiger partial charge in [0.25, 0.3) is 0 Å². The molecule has 204 valence electrons. The van der Waals surface area contributed by atoms with Gasteiger partial charge in [0.2, 0.25) is 5.91 Å². The van der Waals surface area contributed by atoms with E-state index in [-0.39, 0.29) is 29.6 Å². The molecule has 2 N–H and O–H groups in total. The Balaban J connectivity index is 1.23. The van der Waals surface area contributed by atoms with Gasteiger partial charge in [-0.25, -0.2) is 9.97 Å². The Morgan fingerprint density at radius 1 is 1.21 bits per heavy atom. The number of nitrogens with zero attached hydrogens (tertiary/aromatic N) is 5. The Hall–Kier alpha value is -3.34. The van der Waals surface area contributed by atoms with Crippen molar-refractivity contribution < 1.29 is 22.7 Å². The van der Waals surface area contributed by atoms with Gasteiger partial charge in [-0.05, 0) is 76.4 Å². The smallest absolute Gasteiger partial charge is 0.419 e. The van der Waals surface area contributed by atoms with Crippen molar-refractivity contribution in [1.29, 1.82) is 0 Å². The fourth-order valence-corrected chi connectivity index (χ4v) is 5.36. The zero-order chi connectivity index (χ0) is 27.2. The minimum absolute atomic E-state index is 0.161. The molecule has 1 amide bonds. The van der Waals surface area contributed by atoms with Crippen LogP contribution >= 0.6 is 0 Å². The molecule has 2 aromatic heterocycles. The number of piperidine rings is 1. The first-order chi connectivity index (χ1) is 18.0. The molecule has 0 bridgehead atoms. The molecule has 0 unspecified atom stereocenters. The number of rotatable bonds is 7. The maximum Gasteiger partial charge on any atom is 0.419 e. The van der Waals surface area contributed by atoms with E-state index in [1.807, 2.05) is 23.9 Å². The number of aromatic nitrogens is 3. The lowest BCUT2D eigenvalue weighted by Crippen LogP contribution is -2.50. The number of halogens is 3. The fourth-order valence-electron chi connectivity index (χ4n) is 5.36. The Morgan fingerprint density at radius 2 is 1.92 bits per heavy atom. The number of nitrogens with two attached hydrogens (primary N) is 1. The molecule has 2 aliphatic rings. The lowest BCUT2D eigenvalue weighted by Gasteiger charge is -2.36. The van der Waals surface area contributed by atoms with Crippen LogP contribution in [0.1, 0.15) is 37.7 Å². The van der Waals surface area contributed by atoms with Gasteiger partial charge in [0, 0.05) is 25.7 Å². The van der Waals surface area contributed by atoms with Crippen LogP contribution in [0.15, 0.2) is 30.6 Å². The molecule has 0 radical (unpaired) electrons. The first kappa shape index (κ1) is 26.3. The summed E-state index contributed by atoms with van der Waals surface area (Å²) in [5.74, 6) is 0.463. The van der Waals surface area contributed by atoms with Crippen molar-refractivity contribution in [3.63, 3.8) is 0 Å². The van der Waals surface area contributed by atoms with Crippen molar-refractivity contribution in [3.05, 3.63) is 36.2 Å². The van der Waals surface area contributed by atoms with E-state index in [9.17, 15) is 18.0 Å². The molecule has 3 aromatic rings. The molecule has 5 rings (SSSR count). The van der Waals surface area contributed by atoms with E-state index in [1.54, 1.807) is 30.1 Å². The van der Waals surface area contributed by atoms with Crippen molar-refractivity contribution in [1.82, 2.24) is 24.3 Å². The Kier molecular flexibility index (Phi) is 6.75. The summed E-state index contributed by atoms with van der Waals surface area (Å²) in [4.78, 5) is 25.3.